The molecule has 2 aromatic heterocycles. The summed E-state index contributed by atoms with van der Waals surface area (Å²) in [5.41, 5.74) is -0.0944. The van der Waals surface area contributed by atoms with Crippen LogP contribution in [-0.4, -0.2) is 69.7 Å². The summed E-state index contributed by atoms with van der Waals surface area (Å²) in [6.07, 6.45) is 0. The van der Waals surface area contributed by atoms with Crippen molar-refractivity contribution in [1.29, 1.82) is 0 Å². The third-order valence-electron chi connectivity index (χ3n) is 4.82. The van der Waals surface area contributed by atoms with Gasteiger partial charge in [0, 0.05) is 37.6 Å². The molecule has 3 heterocycles. The van der Waals surface area contributed by atoms with Gasteiger partial charge in [-0.1, -0.05) is 23.4 Å². The van der Waals surface area contributed by atoms with Crippen LogP contribution in [0.25, 0.3) is 10.8 Å². The molecular formula is C19H20N6O4. The number of nitrogens with zero attached hydrogens (tertiary/aromatic N) is 4. The molecule has 150 valence electrons. The number of piperazine rings is 1. The molecule has 0 spiro atoms. The zero-order valence-electron chi connectivity index (χ0n) is 15.8. The van der Waals surface area contributed by atoms with Crippen molar-refractivity contribution in [2.75, 3.05) is 38.0 Å². The molecule has 1 aromatic carbocycles. The number of carbonyl (C=O) groups is 2. The summed E-state index contributed by atoms with van der Waals surface area (Å²) >= 11 is 0. The largest absolute Gasteiger partial charge is 0.360 e. The van der Waals surface area contributed by atoms with Crippen LogP contribution in [0.2, 0.25) is 0 Å². The molecule has 2 amide bonds. The zero-order valence-corrected chi connectivity index (χ0v) is 15.8. The third kappa shape index (κ3) is 4.02. The van der Waals surface area contributed by atoms with E-state index < -0.39 is 0 Å². The number of hydrogen-bond acceptors (Lipinski definition) is 7. The minimum atomic E-state index is -0.324. The number of aryl methyl sites for hydroxylation is 1. The third-order valence-corrected chi connectivity index (χ3v) is 4.82. The summed E-state index contributed by atoms with van der Waals surface area (Å²) in [6, 6.07) is 8.55. The van der Waals surface area contributed by atoms with Crippen molar-refractivity contribution in [2.45, 2.75) is 6.92 Å². The lowest BCUT2D eigenvalue weighted by atomic mass is 10.1. The predicted octanol–water partition coefficient (Wildman–Crippen LogP) is 0.616. The molecule has 1 aliphatic heterocycles. The molecule has 0 unspecified atom stereocenters. The predicted molar refractivity (Wildman–Crippen MR) is 105 cm³/mol. The van der Waals surface area contributed by atoms with E-state index in [0.717, 1.165) is 0 Å². The average molecular weight is 396 g/mol. The number of aromatic amines is 1. The molecule has 2 N–H and O–H groups in total. The molecular weight excluding hydrogens is 376 g/mol. The van der Waals surface area contributed by atoms with Crippen LogP contribution in [-0.2, 0) is 4.79 Å². The highest BCUT2D eigenvalue weighted by molar-refractivity contribution is 6.04. The van der Waals surface area contributed by atoms with Crippen LogP contribution in [0.4, 0.5) is 5.82 Å². The smallest absolute Gasteiger partial charge is 0.275 e. The fraction of sp³-hybridized carbons (Fsp3) is 0.316. The van der Waals surface area contributed by atoms with Gasteiger partial charge < -0.3 is 14.7 Å². The molecule has 1 fully saturated rings. The number of nitrogens with one attached hydrogen (secondary N) is 2. The minimum absolute atomic E-state index is 0.189. The second-order valence-electron chi connectivity index (χ2n) is 6.89. The van der Waals surface area contributed by atoms with Gasteiger partial charge in [-0.05, 0) is 13.0 Å². The maximum atomic E-state index is 12.9. The van der Waals surface area contributed by atoms with Crippen LogP contribution in [0.5, 0.6) is 0 Å². The lowest BCUT2D eigenvalue weighted by molar-refractivity contribution is -0.117. The van der Waals surface area contributed by atoms with Crippen molar-refractivity contribution in [3.8, 4) is 0 Å². The van der Waals surface area contributed by atoms with Crippen LogP contribution in [0.3, 0.4) is 0 Å². The Morgan fingerprint density at radius 3 is 2.59 bits per heavy atom. The first-order chi connectivity index (χ1) is 14.0. The molecule has 0 atom stereocenters. The summed E-state index contributed by atoms with van der Waals surface area (Å²) in [4.78, 5) is 40.6. The normalized spacial score (nSPS) is 14.9. The summed E-state index contributed by atoms with van der Waals surface area (Å²) in [6.45, 7) is 3.98. The van der Waals surface area contributed by atoms with E-state index in [2.05, 4.69) is 20.7 Å². The van der Waals surface area contributed by atoms with E-state index in [1.165, 1.54) is 0 Å². The number of benzene rings is 1. The second kappa shape index (κ2) is 7.84. The van der Waals surface area contributed by atoms with Gasteiger partial charge in [-0.25, -0.2) is 5.10 Å². The Hall–Kier alpha value is -3.53. The van der Waals surface area contributed by atoms with Crippen molar-refractivity contribution < 1.29 is 14.1 Å². The van der Waals surface area contributed by atoms with Gasteiger partial charge in [0.15, 0.2) is 11.5 Å². The average Bonchev–Trinajstić information content (AvgIpc) is 3.13. The summed E-state index contributed by atoms with van der Waals surface area (Å²) in [5.74, 6) is 0.583. The van der Waals surface area contributed by atoms with Crippen molar-refractivity contribution >= 4 is 28.4 Å². The number of anilines is 1. The Morgan fingerprint density at radius 1 is 1.17 bits per heavy atom. The number of amides is 2. The summed E-state index contributed by atoms with van der Waals surface area (Å²) < 4.78 is 4.93. The molecule has 0 bridgehead atoms. The Morgan fingerprint density at radius 2 is 1.90 bits per heavy atom. The quantitative estimate of drug-likeness (QED) is 0.662. The highest BCUT2D eigenvalue weighted by Gasteiger charge is 2.26. The molecule has 0 radical (unpaired) electrons. The number of hydrogen-bond donors (Lipinski definition) is 2. The molecule has 29 heavy (non-hydrogen) atoms. The van der Waals surface area contributed by atoms with Gasteiger partial charge in [0.25, 0.3) is 11.5 Å². The van der Waals surface area contributed by atoms with E-state index in [1.54, 1.807) is 42.2 Å². The van der Waals surface area contributed by atoms with Crippen molar-refractivity contribution in [2.24, 2.45) is 0 Å². The van der Waals surface area contributed by atoms with Gasteiger partial charge in [-0.2, -0.15) is 5.10 Å². The number of carbonyl (C=O) groups excluding carboxylic acids is 2. The number of rotatable bonds is 4. The Kier molecular flexibility index (Phi) is 5.09. The first-order valence-corrected chi connectivity index (χ1v) is 9.23. The van der Waals surface area contributed by atoms with E-state index in [1.807, 2.05) is 4.90 Å². The number of aromatic nitrogens is 3. The van der Waals surface area contributed by atoms with Crippen molar-refractivity contribution in [3.05, 3.63) is 52.1 Å². The van der Waals surface area contributed by atoms with E-state index in [0.29, 0.717) is 48.5 Å². The second-order valence-corrected chi connectivity index (χ2v) is 6.89. The Balaban J connectivity index is 1.37. The first kappa shape index (κ1) is 18.8. The molecule has 10 nitrogen and oxygen atoms in total. The topological polar surface area (TPSA) is 124 Å². The fourth-order valence-electron chi connectivity index (χ4n) is 3.35. The van der Waals surface area contributed by atoms with Crippen LogP contribution in [0.15, 0.2) is 39.6 Å². The Bertz CT molecular complexity index is 1110. The maximum Gasteiger partial charge on any atom is 0.275 e. The van der Waals surface area contributed by atoms with Gasteiger partial charge >= 0.3 is 0 Å². The number of H-pyrrole nitrogens is 1. The molecule has 1 aliphatic rings. The van der Waals surface area contributed by atoms with Gasteiger partial charge in [0.1, 0.15) is 5.76 Å². The molecule has 3 aromatic rings. The van der Waals surface area contributed by atoms with Crippen molar-refractivity contribution in [3.63, 3.8) is 0 Å². The van der Waals surface area contributed by atoms with Gasteiger partial charge in [0.05, 0.1) is 11.9 Å². The van der Waals surface area contributed by atoms with E-state index >= 15 is 0 Å². The highest BCUT2D eigenvalue weighted by Crippen LogP contribution is 2.15. The molecule has 10 heteroatoms. The van der Waals surface area contributed by atoms with E-state index in [4.69, 9.17) is 4.52 Å². The molecule has 1 saturated heterocycles. The van der Waals surface area contributed by atoms with Crippen LogP contribution in [0.1, 0.15) is 16.2 Å². The van der Waals surface area contributed by atoms with Crippen LogP contribution in [0, 0.1) is 6.92 Å². The number of fused-ring (bicyclic) bond motifs is 1. The van der Waals surface area contributed by atoms with Crippen LogP contribution >= 0.6 is 0 Å². The highest BCUT2D eigenvalue weighted by atomic mass is 16.5. The van der Waals surface area contributed by atoms with Crippen molar-refractivity contribution in [1.82, 2.24) is 25.2 Å². The van der Waals surface area contributed by atoms with Gasteiger partial charge in [0.2, 0.25) is 5.91 Å². The summed E-state index contributed by atoms with van der Waals surface area (Å²) in [5, 5.41) is 13.8. The molecule has 0 aliphatic carbocycles. The minimum Gasteiger partial charge on any atom is -0.360 e. The first-order valence-electron chi connectivity index (χ1n) is 9.23. The maximum absolute atomic E-state index is 12.9. The fourth-order valence-corrected chi connectivity index (χ4v) is 3.35. The molecule has 0 saturated carbocycles. The monoisotopic (exact) mass is 396 g/mol. The molecule has 4 rings (SSSR count). The lowest BCUT2D eigenvalue weighted by Crippen LogP contribution is -2.50. The summed E-state index contributed by atoms with van der Waals surface area (Å²) in [7, 11) is 0. The van der Waals surface area contributed by atoms with E-state index in [-0.39, 0.29) is 29.6 Å². The van der Waals surface area contributed by atoms with E-state index in [9.17, 15) is 14.4 Å². The zero-order chi connectivity index (χ0) is 20.4. The standard InChI is InChI=1S/C19H20N6O4/c1-12-10-15(23-29-12)20-16(26)11-24-6-8-25(9-7-24)19(28)17-13-4-2-3-5-14(13)18(27)22-21-17/h2-5,10H,6-9,11H2,1H3,(H,22,27)(H,20,23,26). The van der Waals surface area contributed by atoms with Crippen LogP contribution < -0.4 is 10.9 Å². The lowest BCUT2D eigenvalue weighted by Gasteiger charge is -2.34. The Labute approximate surface area is 165 Å². The van der Waals surface area contributed by atoms with Gasteiger partial charge in [-0.3, -0.25) is 19.3 Å². The van der Waals surface area contributed by atoms with Gasteiger partial charge in [-0.15, -0.1) is 0 Å². The SMILES string of the molecule is Cc1cc(NC(=O)CN2CCN(C(=O)c3n[nH]c(=O)c4ccccc34)CC2)no1.